The van der Waals surface area contributed by atoms with Gasteiger partial charge in [0.15, 0.2) is 0 Å². The molecule has 4 nitrogen and oxygen atoms in total. The summed E-state index contributed by atoms with van der Waals surface area (Å²) in [5.74, 6) is 0. The van der Waals surface area contributed by atoms with Crippen LogP contribution in [0.15, 0.2) is 0 Å². The van der Waals surface area contributed by atoms with E-state index in [9.17, 15) is 9.59 Å². The molecular weight excluding hydrogens is 351 g/mol. The van der Waals surface area contributed by atoms with Crippen molar-refractivity contribution in [2.45, 2.75) is 57.3 Å². The van der Waals surface area contributed by atoms with Crippen LogP contribution in [0.4, 0.5) is 0 Å². The minimum absolute atomic E-state index is 0.540. The van der Waals surface area contributed by atoms with E-state index in [1.165, 1.54) is 34.6 Å². The number of carbonyl (C=O) groups excluding carboxylic acids is 2. The Labute approximate surface area is 121 Å². The Morgan fingerprint density at radius 1 is 0.789 bits per heavy atom. The predicted octanol–water partition coefficient (Wildman–Crippen LogP) is 3.38. The van der Waals surface area contributed by atoms with Gasteiger partial charge in [0, 0.05) is 0 Å². The van der Waals surface area contributed by atoms with Gasteiger partial charge in [0.05, 0.1) is 0 Å². The van der Waals surface area contributed by atoms with Gasteiger partial charge in [-0.3, -0.25) is 0 Å². The molecule has 0 aromatic rings. The van der Waals surface area contributed by atoms with Crippen LogP contribution in [-0.4, -0.2) is 44.5 Å². The van der Waals surface area contributed by atoms with Gasteiger partial charge in [-0.05, 0) is 0 Å². The van der Waals surface area contributed by atoms with Crippen molar-refractivity contribution in [1.29, 1.82) is 0 Å². The van der Waals surface area contributed by atoms with Gasteiger partial charge in [0.2, 0.25) is 0 Å². The first kappa shape index (κ1) is 18.7. The molecule has 0 rings (SSSR count). The molecule has 0 aliphatic rings. The Morgan fingerprint density at radius 2 is 1.21 bits per heavy atom. The molecule has 0 atom stereocenters. The van der Waals surface area contributed by atoms with E-state index in [0.717, 1.165) is 8.87 Å². The summed E-state index contributed by atoms with van der Waals surface area (Å²) in [5.41, 5.74) is 0. The topological polar surface area (TPSA) is 52.6 Å². The number of hydrogen-bond donors (Lipinski definition) is 0. The molecule has 0 N–H and O–H groups in total. The van der Waals surface area contributed by atoms with Gasteiger partial charge >= 0.3 is 121 Å². The van der Waals surface area contributed by atoms with Crippen molar-refractivity contribution >= 4 is 31.3 Å². The van der Waals surface area contributed by atoms with Gasteiger partial charge in [0.1, 0.15) is 0 Å². The van der Waals surface area contributed by atoms with Crippen molar-refractivity contribution in [3.05, 3.63) is 0 Å². The third-order valence-electron chi connectivity index (χ3n) is 3.76. The monoisotopic (exact) mass is 380 g/mol. The van der Waals surface area contributed by atoms with Gasteiger partial charge in [-0.2, -0.15) is 0 Å². The molecule has 0 bridgehead atoms. The third-order valence-corrected chi connectivity index (χ3v) is 19.1. The van der Waals surface area contributed by atoms with E-state index < -0.39 is 18.4 Å². The molecule has 0 saturated carbocycles. The van der Waals surface area contributed by atoms with Crippen LogP contribution < -0.4 is 0 Å². The summed E-state index contributed by atoms with van der Waals surface area (Å²) >= 11 is -2.31. The Morgan fingerprint density at radius 3 is 1.53 bits per heavy atom. The Kier molecular flexibility index (Phi) is 12.6. The molecule has 5 heteroatoms. The molecule has 0 fully saturated rings. The van der Waals surface area contributed by atoms with Crippen molar-refractivity contribution in [1.82, 2.24) is 0 Å². The summed E-state index contributed by atoms with van der Waals surface area (Å²) in [6, 6.07) is 0. The normalized spacial score (nSPS) is 11.1. The summed E-state index contributed by atoms with van der Waals surface area (Å²) in [6.07, 6.45) is 4.91. The van der Waals surface area contributed by atoms with Gasteiger partial charge in [0.25, 0.3) is 0 Å². The van der Waals surface area contributed by atoms with E-state index in [-0.39, 0.29) is 0 Å². The van der Waals surface area contributed by atoms with E-state index in [1.54, 1.807) is 0 Å². The summed E-state index contributed by atoms with van der Waals surface area (Å²) < 4.78 is 14.6. The van der Waals surface area contributed by atoms with Crippen molar-refractivity contribution in [3.63, 3.8) is 0 Å². The molecule has 112 valence electrons. The van der Waals surface area contributed by atoms with Crippen LogP contribution in [0.2, 0.25) is 17.7 Å². The fraction of sp³-hybridized carbons (Fsp3) is 0.857. The van der Waals surface area contributed by atoms with E-state index in [1.807, 2.05) is 0 Å². The minimum atomic E-state index is -2.31. The standard InChI is InChI=1S/2C4H9.2C3H5O2.Sn/c2*1-3-4-2;2*1-2-5-3-4;/h2*1,3-4H2,2H3;2*3H,1-2H2;. The summed E-state index contributed by atoms with van der Waals surface area (Å²) in [6.45, 7) is 6.60. The molecule has 0 aromatic heterocycles. The molecule has 0 aromatic carbocycles. The summed E-state index contributed by atoms with van der Waals surface area (Å²) in [5, 5.41) is 0. The number of unbranched alkanes of at least 4 members (excludes halogenated alkanes) is 2. The molecule has 0 amide bonds. The zero-order chi connectivity index (χ0) is 14.4. The van der Waals surface area contributed by atoms with Crippen LogP contribution in [-0.2, 0) is 19.1 Å². The average molecular weight is 379 g/mol. The Bertz CT molecular complexity index is 209. The van der Waals surface area contributed by atoms with Crippen molar-refractivity contribution in [3.8, 4) is 0 Å². The summed E-state index contributed by atoms with van der Waals surface area (Å²) in [7, 11) is 0. The van der Waals surface area contributed by atoms with E-state index in [0.29, 0.717) is 26.2 Å². The molecule has 0 heterocycles. The maximum atomic E-state index is 10.3. The zero-order valence-electron chi connectivity index (χ0n) is 12.4. The fourth-order valence-corrected chi connectivity index (χ4v) is 16.2. The van der Waals surface area contributed by atoms with Crippen LogP contribution in [0, 0.1) is 0 Å². The van der Waals surface area contributed by atoms with E-state index in [4.69, 9.17) is 9.47 Å². The van der Waals surface area contributed by atoms with Gasteiger partial charge in [-0.1, -0.05) is 0 Å². The van der Waals surface area contributed by atoms with Gasteiger partial charge in [-0.15, -0.1) is 0 Å². The molecule has 0 saturated heterocycles. The molecular formula is C14H28O4Sn. The van der Waals surface area contributed by atoms with Crippen LogP contribution >= 0.6 is 0 Å². The zero-order valence-corrected chi connectivity index (χ0v) is 15.2. The molecule has 0 radical (unpaired) electrons. The van der Waals surface area contributed by atoms with Crippen LogP contribution in [0.1, 0.15) is 39.5 Å². The molecule has 0 spiro atoms. The van der Waals surface area contributed by atoms with E-state index in [2.05, 4.69) is 13.8 Å². The van der Waals surface area contributed by atoms with Gasteiger partial charge < -0.3 is 0 Å². The molecule has 19 heavy (non-hydrogen) atoms. The Hall–Kier alpha value is -0.261. The number of ether oxygens (including phenoxy) is 2. The number of rotatable bonds is 14. The SMILES string of the molecule is CCC[CH2][Sn]([CH2]CCC)([CH2]COC=O)[CH2]COC=O. The summed E-state index contributed by atoms with van der Waals surface area (Å²) in [4.78, 5) is 20.6. The predicted molar refractivity (Wildman–Crippen MR) is 78.8 cm³/mol. The van der Waals surface area contributed by atoms with Gasteiger partial charge in [-0.25, -0.2) is 0 Å². The van der Waals surface area contributed by atoms with Crippen LogP contribution in [0.25, 0.3) is 0 Å². The molecule has 0 unspecified atom stereocenters. The van der Waals surface area contributed by atoms with Crippen molar-refractivity contribution < 1.29 is 19.1 Å². The van der Waals surface area contributed by atoms with Crippen molar-refractivity contribution in [2.24, 2.45) is 0 Å². The first-order chi connectivity index (χ1) is 9.24. The van der Waals surface area contributed by atoms with Crippen LogP contribution in [0.3, 0.4) is 0 Å². The van der Waals surface area contributed by atoms with Crippen LogP contribution in [0.5, 0.6) is 0 Å². The third kappa shape index (κ3) is 9.30. The second-order valence-corrected chi connectivity index (χ2v) is 19.4. The quantitative estimate of drug-likeness (QED) is 0.264. The van der Waals surface area contributed by atoms with E-state index >= 15 is 0 Å². The molecule has 0 aliphatic heterocycles. The fourth-order valence-electron chi connectivity index (χ4n) is 2.50. The first-order valence-corrected chi connectivity index (χ1v) is 15.4. The molecule has 0 aliphatic carbocycles. The number of carbonyl (C=O) groups is 2. The van der Waals surface area contributed by atoms with Crippen molar-refractivity contribution in [2.75, 3.05) is 13.2 Å². The second kappa shape index (κ2) is 12.8. The second-order valence-electron chi connectivity index (χ2n) is 5.14. The Balaban J connectivity index is 4.51. The average Bonchev–Trinajstić information content (AvgIpc) is 2.43. The maximum absolute atomic E-state index is 10.3. The first-order valence-electron chi connectivity index (χ1n) is 7.35. The number of hydrogen-bond acceptors (Lipinski definition) is 4.